The fourth-order valence-electron chi connectivity index (χ4n) is 2.51. The van der Waals surface area contributed by atoms with Crippen LogP contribution in [0.1, 0.15) is 44.0 Å². The van der Waals surface area contributed by atoms with Crippen molar-refractivity contribution in [2.75, 3.05) is 0 Å². The van der Waals surface area contributed by atoms with Crippen LogP contribution < -0.4 is 5.32 Å². The number of aromatic nitrogens is 2. The maximum absolute atomic E-state index is 13.7. The van der Waals surface area contributed by atoms with Gasteiger partial charge >= 0.3 is 0 Å². The molecular weight excluding hydrogens is 265 g/mol. The van der Waals surface area contributed by atoms with Crippen LogP contribution in [0.3, 0.4) is 0 Å². The maximum Gasteiger partial charge on any atom is 0.123 e. The van der Waals surface area contributed by atoms with Crippen LogP contribution in [0.2, 0.25) is 0 Å². The minimum Gasteiger partial charge on any atom is -0.310 e. The Balaban J connectivity index is 1.96. The minimum atomic E-state index is -0.197. The number of hydrogen-bond donors (Lipinski definition) is 1. The molecule has 2 aromatic rings. The molecule has 1 aromatic heterocycles. The number of rotatable bonds is 5. The summed E-state index contributed by atoms with van der Waals surface area (Å²) in [7, 11) is 0. The molecule has 3 rings (SSSR count). The lowest BCUT2D eigenvalue weighted by Gasteiger charge is -2.10. The Kier molecular flexibility index (Phi) is 3.81. The van der Waals surface area contributed by atoms with Crippen molar-refractivity contribution in [3.05, 3.63) is 41.5 Å². The van der Waals surface area contributed by atoms with Gasteiger partial charge in [0.1, 0.15) is 5.82 Å². The molecule has 0 unspecified atom stereocenters. The quantitative estimate of drug-likeness (QED) is 0.905. The Labute approximate surface area is 125 Å². The second-order valence-corrected chi connectivity index (χ2v) is 6.16. The third kappa shape index (κ3) is 3.16. The van der Waals surface area contributed by atoms with Crippen LogP contribution in [-0.4, -0.2) is 15.8 Å². The van der Waals surface area contributed by atoms with E-state index in [0.717, 1.165) is 28.9 Å². The van der Waals surface area contributed by atoms with E-state index in [1.807, 2.05) is 23.9 Å². The largest absolute Gasteiger partial charge is 0.310 e. The predicted molar refractivity (Wildman–Crippen MR) is 82.6 cm³/mol. The summed E-state index contributed by atoms with van der Waals surface area (Å²) in [6, 6.07) is 5.99. The van der Waals surface area contributed by atoms with Crippen LogP contribution in [0.5, 0.6) is 0 Å². The van der Waals surface area contributed by atoms with E-state index >= 15 is 0 Å². The summed E-state index contributed by atoms with van der Waals surface area (Å²) in [4.78, 5) is 0. The summed E-state index contributed by atoms with van der Waals surface area (Å²) in [5.74, 6) is -0.197. The van der Waals surface area contributed by atoms with Crippen LogP contribution in [0, 0.1) is 12.7 Å². The molecule has 1 aliphatic rings. The normalized spacial score (nSPS) is 14.9. The molecule has 1 aromatic carbocycles. The number of halogens is 1. The van der Waals surface area contributed by atoms with Crippen molar-refractivity contribution in [2.45, 2.75) is 52.2 Å². The van der Waals surface area contributed by atoms with Gasteiger partial charge < -0.3 is 5.32 Å². The fraction of sp³-hybridized carbons (Fsp3) is 0.471. The summed E-state index contributed by atoms with van der Waals surface area (Å²) in [6.07, 6.45) is 4.52. The van der Waals surface area contributed by atoms with Gasteiger partial charge in [-0.1, -0.05) is 6.07 Å². The lowest BCUT2D eigenvalue weighted by Crippen LogP contribution is -2.16. The summed E-state index contributed by atoms with van der Waals surface area (Å²) < 4.78 is 15.6. The monoisotopic (exact) mass is 287 g/mol. The first-order valence-corrected chi connectivity index (χ1v) is 7.62. The van der Waals surface area contributed by atoms with Crippen molar-refractivity contribution >= 4 is 0 Å². The highest BCUT2D eigenvalue weighted by molar-refractivity contribution is 5.69. The van der Waals surface area contributed by atoms with Gasteiger partial charge in [-0.15, -0.1) is 0 Å². The van der Waals surface area contributed by atoms with Gasteiger partial charge in [0.15, 0.2) is 0 Å². The minimum absolute atomic E-state index is 0.197. The zero-order valence-corrected chi connectivity index (χ0v) is 12.9. The van der Waals surface area contributed by atoms with Crippen molar-refractivity contribution in [1.29, 1.82) is 0 Å². The molecule has 0 atom stereocenters. The molecule has 0 spiro atoms. The highest BCUT2D eigenvalue weighted by Crippen LogP contribution is 2.29. The van der Waals surface area contributed by atoms with Gasteiger partial charge in [0.2, 0.25) is 0 Å². The average Bonchev–Trinajstić information content (AvgIpc) is 3.18. The first kappa shape index (κ1) is 14.3. The van der Waals surface area contributed by atoms with Gasteiger partial charge in [0.05, 0.1) is 5.69 Å². The zero-order valence-electron chi connectivity index (χ0n) is 12.9. The molecule has 0 bridgehead atoms. The van der Waals surface area contributed by atoms with Gasteiger partial charge in [-0.3, -0.25) is 4.68 Å². The molecule has 1 saturated carbocycles. The SMILES string of the molecule is Cc1nn(C(C)C)cc1-c1cc(F)ccc1CNC1CC1. The summed E-state index contributed by atoms with van der Waals surface area (Å²) in [5, 5.41) is 8.04. The molecule has 1 heterocycles. The number of aryl methyl sites for hydroxylation is 1. The van der Waals surface area contributed by atoms with Crippen molar-refractivity contribution in [3.8, 4) is 11.1 Å². The van der Waals surface area contributed by atoms with E-state index in [1.54, 1.807) is 6.07 Å². The predicted octanol–water partition coefficient (Wildman–Crippen LogP) is 3.83. The Morgan fingerprint density at radius 1 is 1.33 bits per heavy atom. The number of benzene rings is 1. The molecule has 21 heavy (non-hydrogen) atoms. The fourth-order valence-corrected chi connectivity index (χ4v) is 2.51. The first-order chi connectivity index (χ1) is 10.0. The molecule has 0 aliphatic heterocycles. The average molecular weight is 287 g/mol. The number of hydrogen-bond acceptors (Lipinski definition) is 2. The third-order valence-electron chi connectivity index (χ3n) is 3.97. The molecule has 1 N–H and O–H groups in total. The number of nitrogens with one attached hydrogen (secondary N) is 1. The Bertz CT molecular complexity index is 641. The lowest BCUT2D eigenvalue weighted by atomic mass is 10.00. The van der Waals surface area contributed by atoms with Gasteiger partial charge in [0, 0.05) is 30.4 Å². The molecule has 3 nitrogen and oxygen atoms in total. The first-order valence-electron chi connectivity index (χ1n) is 7.62. The summed E-state index contributed by atoms with van der Waals surface area (Å²) in [5.41, 5.74) is 4.06. The van der Waals surface area contributed by atoms with Crippen molar-refractivity contribution in [1.82, 2.24) is 15.1 Å². The van der Waals surface area contributed by atoms with E-state index < -0.39 is 0 Å². The Morgan fingerprint density at radius 3 is 2.71 bits per heavy atom. The number of nitrogens with zero attached hydrogens (tertiary/aromatic N) is 2. The van der Waals surface area contributed by atoms with Gasteiger partial charge in [-0.2, -0.15) is 5.10 Å². The van der Waals surface area contributed by atoms with Crippen molar-refractivity contribution in [3.63, 3.8) is 0 Å². The van der Waals surface area contributed by atoms with Gasteiger partial charge in [-0.05, 0) is 56.9 Å². The van der Waals surface area contributed by atoms with Crippen LogP contribution in [0.25, 0.3) is 11.1 Å². The zero-order chi connectivity index (χ0) is 15.0. The van der Waals surface area contributed by atoms with Gasteiger partial charge in [-0.25, -0.2) is 4.39 Å². The van der Waals surface area contributed by atoms with E-state index in [0.29, 0.717) is 12.1 Å². The van der Waals surface area contributed by atoms with E-state index in [9.17, 15) is 4.39 Å². The van der Waals surface area contributed by atoms with Crippen LogP contribution in [-0.2, 0) is 6.54 Å². The molecule has 1 aliphatic carbocycles. The molecule has 0 amide bonds. The van der Waals surface area contributed by atoms with Crippen LogP contribution in [0.15, 0.2) is 24.4 Å². The van der Waals surface area contributed by atoms with Crippen LogP contribution in [0.4, 0.5) is 4.39 Å². The molecule has 0 radical (unpaired) electrons. The molecule has 0 saturated heterocycles. The maximum atomic E-state index is 13.7. The van der Waals surface area contributed by atoms with E-state index in [1.165, 1.54) is 18.9 Å². The smallest absolute Gasteiger partial charge is 0.123 e. The Hall–Kier alpha value is -1.68. The molecule has 1 fully saturated rings. The van der Waals surface area contributed by atoms with E-state index in [-0.39, 0.29) is 5.82 Å². The standard InChI is InChI=1S/C17H22FN3/c1-11(2)21-10-17(12(3)20-21)16-8-14(18)5-4-13(16)9-19-15-6-7-15/h4-5,8,10-11,15,19H,6-7,9H2,1-3H3. The van der Waals surface area contributed by atoms with E-state index in [2.05, 4.69) is 24.3 Å². The molecule has 112 valence electrons. The lowest BCUT2D eigenvalue weighted by molar-refractivity contribution is 0.529. The van der Waals surface area contributed by atoms with Gasteiger partial charge in [0.25, 0.3) is 0 Å². The third-order valence-corrected chi connectivity index (χ3v) is 3.97. The van der Waals surface area contributed by atoms with E-state index in [4.69, 9.17) is 0 Å². The highest BCUT2D eigenvalue weighted by Gasteiger charge is 2.21. The molecular formula is C17H22FN3. The topological polar surface area (TPSA) is 29.9 Å². The Morgan fingerprint density at radius 2 is 2.10 bits per heavy atom. The second-order valence-electron chi connectivity index (χ2n) is 6.16. The summed E-state index contributed by atoms with van der Waals surface area (Å²) >= 11 is 0. The molecule has 4 heteroatoms. The van der Waals surface area contributed by atoms with Crippen molar-refractivity contribution in [2.24, 2.45) is 0 Å². The van der Waals surface area contributed by atoms with Crippen molar-refractivity contribution < 1.29 is 4.39 Å². The highest BCUT2D eigenvalue weighted by atomic mass is 19.1. The second kappa shape index (κ2) is 5.60. The van der Waals surface area contributed by atoms with Crippen LogP contribution >= 0.6 is 0 Å². The summed E-state index contributed by atoms with van der Waals surface area (Å²) in [6.45, 7) is 6.96.